The maximum Gasteiger partial charge on any atom is 0.243 e. The number of aryl methyl sites for hydroxylation is 1. The van der Waals surface area contributed by atoms with Crippen molar-refractivity contribution in [1.82, 2.24) is 0 Å². The van der Waals surface area contributed by atoms with Crippen LogP contribution in [0, 0.1) is 0 Å². The summed E-state index contributed by atoms with van der Waals surface area (Å²) in [6.45, 7) is 6.38. The summed E-state index contributed by atoms with van der Waals surface area (Å²) in [5.74, 6) is 0. The molecule has 88 valence electrons. The summed E-state index contributed by atoms with van der Waals surface area (Å²) in [4.78, 5) is 0. The molecule has 16 heavy (non-hydrogen) atoms. The van der Waals surface area contributed by atoms with Gasteiger partial charge in [-0.05, 0) is 55.7 Å². The first-order valence-electron chi connectivity index (χ1n) is 5.56. The van der Waals surface area contributed by atoms with Crippen LogP contribution in [0.5, 0.6) is 0 Å². The van der Waals surface area contributed by atoms with Crippen molar-refractivity contribution in [2.24, 2.45) is 0 Å². The Hall–Kier alpha value is -0.733. The molecule has 0 saturated heterocycles. The molecule has 0 radical (unpaired) electrons. The summed E-state index contributed by atoms with van der Waals surface area (Å²) >= 11 is 6.01. The largest absolute Gasteiger partial charge is 0.537 e. The third-order valence-electron chi connectivity index (χ3n) is 1.98. The van der Waals surface area contributed by atoms with Gasteiger partial charge < -0.3 is 4.43 Å². The van der Waals surface area contributed by atoms with Crippen molar-refractivity contribution in [3.05, 3.63) is 47.2 Å². The standard InChI is InChI=1S/C13H19ClOSi/c1-16(2,3)15-13(14)11-7-10-12-8-5-4-6-9-12/h4-6,8-9,11H,7,10H2,1-3H3/b13-11+. The number of halogens is 1. The van der Waals surface area contributed by atoms with Crippen LogP contribution in [0.2, 0.25) is 19.6 Å². The van der Waals surface area contributed by atoms with Crippen LogP contribution in [0.15, 0.2) is 41.6 Å². The van der Waals surface area contributed by atoms with Crippen LogP contribution >= 0.6 is 11.6 Å². The normalized spacial score (nSPS) is 12.6. The third-order valence-corrected chi connectivity index (χ3v) is 3.18. The van der Waals surface area contributed by atoms with Gasteiger partial charge >= 0.3 is 0 Å². The van der Waals surface area contributed by atoms with Gasteiger partial charge in [0.2, 0.25) is 8.32 Å². The van der Waals surface area contributed by atoms with Gasteiger partial charge in [0.25, 0.3) is 0 Å². The number of hydrogen-bond acceptors (Lipinski definition) is 1. The highest BCUT2D eigenvalue weighted by Gasteiger charge is 2.16. The number of rotatable bonds is 5. The average Bonchev–Trinajstić information content (AvgIpc) is 2.16. The summed E-state index contributed by atoms with van der Waals surface area (Å²) in [6, 6.07) is 10.4. The van der Waals surface area contributed by atoms with Gasteiger partial charge in [0.15, 0.2) is 5.22 Å². The molecule has 1 nitrogen and oxygen atoms in total. The molecule has 0 fully saturated rings. The predicted molar refractivity (Wildman–Crippen MR) is 73.1 cm³/mol. The quantitative estimate of drug-likeness (QED) is 0.553. The van der Waals surface area contributed by atoms with E-state index in [1.54, 1.807) is 0 Å². The van der Waals surface area contributed by atoms with Crippen molar-refractivity contribution in [1.29, 1.82) is 0 Å². The fourth-order valence-electron chi connectivity index (χ4n) is 1.33. The number of hydrogen-bond donors (Lipinski definition) is 0. The van der Waals surface area contributed by atoms with E-state index in [1.807, 2.05) is 12.1 Å². The van der Waals surface area contributed by atoms with E-state index in [2.05, 4.69) is 43.9 Å². The molecule has 0 heterocycles. The smallest absolute Gasteiger partial charge is 0.243 e. The van der Waals surface area contributed by atoms with Crippen LogP contribution < -0.4 is 0 Å². The maximum atomic E-state index is 6.01. The minimum atomic E-state index is -1.55. The predicted octanol–water partition coefficient (Wildman–Crippen LogP) is 4.55. The summed E-state index contributed by atoms with van der Waals surface area (Å²) in [6.07, 6.45) is 3.90. The molecule has 0 aliphatic rings. The molecule has 3 heteroatoms. The molecule has 1 aromatic rings. The second-order valence-electron chi connectivity index (χ2n) is 4.75. The Kier molecular flexibility index (Phi) is 5.09. The molecule has 0 unspecified atom stereocenters. The van der Waals surface area contributed by atoms with Crippen LogP contribution in [0.4, 0.5) is 0 Å². The summed E-state index contributed by atoms with van der Waals surface area (Å²) in [5, 5.41) is 0.551. The molecular formula is C13H19ClOSi. The second kappa shape index (κ2) is 6.11. The lowest BCUT2D eigenvalue weighted by Gasteiger charge is -2.17. The monoisotopic (exact) mass is 254 g/mol. The molecule has 0 aromatic heterocycles. The van der Waals surface area contributed by atoms with Crippen LogP contribution in [-0.4, -0.2) is 8.32 Å². The molecule has 0 saturated carbocycles. The van der Waals surface area contributed by atoms with Crippen molar-refractivity contribution >= 4 is 19.9 Å². The molecule has 0 aliphatic heterocycles. The molecule has 0 aliphatic carbocycles. The zero-order valence-electron chi connectivity index (χ0n) is 10.2. The highest BCUT2D eigenvalue weighted by atomic mass is 35.5. The molecule has 0 amide bonds. The van der Waals surface area contributed by atoms with Gasteiger partial charge in [-0.25, -0.2) is 0 Å². The molecular weight excluding hydrogens is 236 g/mol. The first-order chi connectivity index (χ1) is 7.47. The van der Waals surface area contributed by atoms with Gasteiger partial charge in [0.1, 0.15) is 0 Å². The van der Waals surface area contributed by atoms with Gasteiger partial charge in [-0.3, -0.25) is 0 Å². The van der Waals surface area contributed by atoms with E-state index < -0.39 is 8.32 Å². The molecule has 0 bridgehead atoms. The highest BCUT2D eigenvalue weighted by Crippen LogP contribution is 2.15. The lowest BCUT2D eigenvalue weighted by Crippen LogP contribution is -2.23. The Bertz CT molecular complexity index is 341. The van der Waals surface area contributed by atoms with E-state index in [0.717, 1.165) is 12.8 Å². The second-order valence-corrected chi connectivity index (χ2v) is 9.55. The Labute approximate surface area is 104 Å². The van der Waals surface area contributed by atoms with Gasteiger partial charge in [0, 0.05) is 0 Å². The molecule has 0 atom stereocenters. The van der Waals surface area contributed by atoms with Crippen LogP contribution in [0.25, 0.3) is 0 Å². The van der Waals surface area contributed by atoms with E-state index in [1.165, 1.54) is 5.56 Å². The zero-order valence-corrected chi connectivity index (χ0v) is 11.9. The van der Waals surface area contributed by atoms with Crippen molar-refractivity contribution in [2.75, 3.05) is 0 Å². The Morgan fingerprint density at radius 2 is 1.88 bits per heavy atom. The van der Waals surface area contributed by atoms with E-state index in [4.69, 9.17) is 16.0 Å². The average molecular weight is 255 g/mol. The first-order valence-corrected chi connectivity index (χ1v) is 9.34. The topological polar surface area (TPSA) is 9.23 Å². The van der Waals surface area contributed by atoms with E-state index in [9.17, 15) is 0 Å². The van der Waals surface area contributed by atoms with Crippen molar-refractivity contribution in [3.8, 4) is 0 Å². The SMILES string of the molecule is C[Si](C)(C)O/C(Cl)=C/CCc1ccccc1. The van der Waals surface area contributed by atoms with E-state index >= 15 is 0 Å². The number of allylic oxidation sites excluding steroid dienone is 1. The van der Waals surface area contributed by atoms with Crippen molar-refractivity contribution in [3.63, 3.8) is 0 Å². The van der Waals surface area contributed by atoms with Crippen molar-refractivity contribution in [2.45, 2.75) is 32.5 Å². The van der Waals surface area contributed by atoms with E-state index in [0.29, 0.717) is 5.22 Å². The zero-order chi connectivity index (χ0) is 12.0. The van der Waals surface area contributed by atoms with Crippen molar-refractivity contribution < 1.29 is 4.43 Å². The Morgan fingerprint density at radius 3 is 2.44 bits per heavy atom. The minimum absolute atomic E-state index is 0.551. The van der Waals surface area contributed by atoms with Gasteiger partial charge in [0.05, 0.1) is 0 Å². The maximum absolute atomic E-state index is 6.01. The molecule has 0 spiro atoms. The summed E-state index contributed by atoms with van der Waals surface area (Å²) < 4.78 is 5.64. The van der Waals surface area contributed by atoms with Gasteiger partial charge in [-0.2, -0.15) is 0 Å². The van der Waals surface area contributed by atoms with Crippen LogP contribution in [0.1, 0.15) is 12.0 Å². The minimum Gasteiger partial charge on any atom is -0.537 e. The number of benzene rings is 1. The third kappa shape index (κ3) is 5.98. The van der Waals surface area contributed by atoms with E-state index in [-0.39, 0.29) is 0 Å². The highest BCUT2D eigenvalue weighted by molar-refractivity contribution is 6.70. The first kappa shape index (κ1) is 13.3. The summed E-state index contributed by atoms with van der Waals surface area (Å²) in [7, 11) is -1.55. The fourth-order valence-corrected chi connectivity index (χ4v) is 2.80. The Balaban J connectivity index is 2.37. The van der Waals surface area contributed by atoms with Gasteiger partial charge in [-0.15, -0.1) is 0 Å². The van der Waals surface area contributed by atoms with Crippen LogP contribution in [-0.2, 0) is 10.8 Å². The lowest BCUT2D eigenvalue weighted by atomic mass is 10.1. The Morgan fingerprint density at radius 1 is 1.25 bits per heavy atom. The molecule has 0 N–H and O–H groups in total. The lowest BCUT2D eigenvalue weighted by molar-refractivity contribution is 0.457. The van der Waals surface area contributed by atoms with Crippen LogP contribution in [0.3, 0.4) is 0 Å². The molecule has 1 rings (SSSR count). The molecule has 1 aromatic carbocycles. The van der Waals surface area contributed by atoms with Gasteiger partial charge in [-0.1, -0.05) is 30.3 Å². The fraction of sp³-hybridized carbons (Fsp3) is 0.385. The summed E-state index contributed by atoms with van der Waals surface area (Å²) in [5.41, 5.74) is 1.33.